The molecule has 0 amide bonds. The smallest absolute Gasteiger partial charge is 0.0396 e. The van der Waals surface area contributed by atoms with Gasteiger partial charge in [-0.25, -0.2) is 0 Å². The minimum atomic E-state index is 0.969. The highest BCUT2D eigenvalue weighted by atomic mass is 14.8. The molecule has 0 fully saturated rings. The highest BCUT2D eigenvalue weighted by Crippen LogP contribution is 2.04. The minimum absolute atomic E-state index is 0.969. The van der Waals surface area contributed by atoms with Crippen LogP contribution in [0.1, 0.15) is 12.8 Å². The van der Waals surface area contributed by atoms with E-state index in [0.29, 0.717) is 0 Å². The van der Waals surface area contributed by atoms with Crippen LogP contribution in [-0.2, 0) is 0 Å². The van der Waals surface area contributed by atoms with Crippen molar-refractivity contribution < 1.29 is 0 Å². The molecule has 0 radical (unpaired) electrons. The fourth-order valence-electron chi connectivity index (χ4n) is 0.797. The maximum Gasteiger partial charge on any atom is 0.0396 e. The maximum atomic E-state index is 3.86. The van der Waals surface area contributed by atoms with Crippen molar-refractivity contribution in [3.05, 3.63) is 24.4 Å². The molecule has 0 unspecified atom stereocenters. The zero-order valence-electron chi connectivity index (χ0n) is 7.14. The van der Waals surface area contributed by atoms with E-state index in [2.05, 4.69) is 23.6 Å². The van der Waals surface area contributed by atoms with Crippen LogP contribution in [0.2, 0.25) is 0 Å². The van der Waals surface area contributed by atoms with E-state index in [-0.39, 0.29) is 0 Å². The number of nitrogens with one attached hydrogen (secondary N) is 1. The Morgan fingerprint density at radius 3 is 2.82 bits per heavy atom. The summed E-state index contributed by atoms with van der Waals surface area (Å²) in [5.74, 6) is 0. The Balaban J connectivity index is 3.60. The molecule has 0 saturated heterocycles. The number of hydrogen-bond acceptors (Lipinski definition) is 2. The van der Waals surface area contributed by atoms with Crippen molar-refractivity contribution in [2.24, 2.45) is 4.99 Å². The minimum Gasteiger partial charge on any atom is -0.320 e. The standard InChI is InChI=1S/C9H16N2/c1-4-6-9(11-3)7-5-8-10-2/h4,6,10H,1,3,5,7-8H2,2H3/b9-6-. The Hall–Kier alpha value is -0.890. The zero-order valence-corrected chi connectivity index (χ0v) is 7.14. The molecular weight excluding hydrogens is 136 g/mol. The lowest BCUT2D eigenvalue weighted by molar-refractivity contribution is 0.718. The summed E-state index contributed by atoms with van der Waals surface area (Å²) in [6.45, 7) is 8.09. The second-order valence-electron chi connectivity index (χ2n) is 2.26. The van der Waals surface area contributed by atoms with Gasteiger partial charge in [0.2, 0.25) is 0 Å². The second-order valence-corrected chi connectivity index (χ2v) is 2.26. The molecule has 62 valence electrons. The van der Waals surface area contributed by atoms with Crippen LogP contribution in [0.4, 0.5) is 0 Å². The van der Waals surface area contributed by atoms with Gasteiger partial charge in [-0.1, -0.05) is 12.7 Å². The zero-order chi connectivity index (χ0) is 8.53. The molecule has 0 heterocycles. The van der Waals surface area contributed by atoms with Crippen LogP contribution in [0.5, 0.6) is 0 Å². The Morgan fingerprint density at radius 2 is 2.36 bits per heavy atom. The SMILES string of the molecule is C=C/C=C(/CCCNC)N=C. The van der Waals surface area contributed by atoms with Crippen LogP contribution in [0, 0.1) is 0 Å². The molecule has 0 aromatic carbocycles. The van der Waals surface area contributed by atoms with Crippen molar-refractivity contribution >= 4 is 6.72 Å². The van der Waals surface area contributed by atoms with Crippen molar-refractivity contribution in [2.45, 2.75) is 12.8 Å². The lowest BCUT2D eigenvalue weighted by Gasteiger charge is -1.99. The normalized spacial score (nSPS) is 11.2. The Kier molecular flexibility index (Phi) is 6.64. The molecule has 2 nitrogen and oxygen atoms in total. The first-order valence-corrected chi connectivity index (χ1v) is 3.78. The molecule has 0 rings (SSSR count). The molecule has 0 aliphatic heterocycles. The van der Waals surface area contributed by atoms with E-state index in [1.54, 1.807) is 6.08 Å². The lowest BCUT2D eigenvalue weighted by atomic mass is 10.2. The van der Waals surface area contributed by atoms with E-state index < -0.39 is 0 Å². The quantitative estimate of drug-likeness (QED) is 0.350. The third-order valence-corrected chi connectivity index (χ3v) is 1.37. The summed E-state index contributed by atoms with van der Waals surface area (Å²) in [4.78, 5) is 3.86. The van der Waals surface area contributed by atoms with Gasteiger partial charge in [-0.05, 0) is 39.2 Å². The summed E-state index contributed by atoms with van der Waals surface area (Å²) >= 11 is 0. The summed E-state index contributed by atoms with van der Waals surface area (Å²) in [5, 5.41) is 3.07. The molecule has 1 N–H and O–H groups in total. The van der Waals surface area contributed by atoms with E-state index in [4.69, 9.17) is 0 Å². The maximum absolute atomic E-state index is 3.86. The van der Waals surface area contributed by atoms with Gasteiger partial charge in [0.25, 0.3) is 0 Å². The molecule has 11 heavy (non-hydrogen) atoms. The summed E-state index contributed by atoms with van der Waals surface area (Å²) in [5.41, 5.74) is 1.01. The van der Waals surface area contributed by atoms with Crippen LogP contribution in [0.15, 0.2) is 29.4 Å². The van der Waals surface area contributed by atoms with Crippen molar-refractivity contribution in [2.75, 3.05) is 13.6 Å². The van der Waals surface area contributed by atoms with Gasteiger partial charge in [0, 0.05) is 5.70 Å². The lowest BCUT2D eigenvalue weighted by Crippen LogP contribution is -2.07. The van der Waals surface area contributed by atoms with Crippen LogP contribution < -0.4 is 5.32 Å². The number of aliphatic imine (C=N–C) groups is 1. The van der Waals surface area contributed by atoms with Crippen LogP contribution in [-0.4, -0.2) is 20.3 Å². The van der Waals surface area contributed by atoms with Crippen molar-refractivity contribution in [1.82, 2.24) is 5.32 Å². The predicted molar refractivity (Wildman–Crippen MR) is 51.0 cm³/mol. The third-order valence-electron chi connectivity index (χ3n) is 1.37. The molecule has 2 heteroatoms. The monoisotopic (exact) mass is 152 g/mol. The molecule has 0 atom stereocenters. The highest BCUT2D eigenvalue weighted by Gasteiger charge is 1.90. The number of rotatable bonds is 6. The first-order valence-electron chi connectivity index (χ1n) is 3.78. The van der Waals surface area contributed by atoms with Gasteiger partial charge in [-0.3, -0.25) is 4.99 Å². The van der Waals surface area contributed by atoms with Gasteiger partial charge in [0.1, 0.15) is 0 Å². The fourth-order valence-corrected chi connectivity index (χ4v) is 0.797. The number of allylic oxidation sites excluding steroid dienone is 3. The summed E-state index contributed by atoms with van der Waals surface area (Å²) in [6.07, 6.45) is 5.69. The molecule has 0 saturated carbocycles. The number of nitrogens with zero attached hydrogens (tertiary/aromatic N) is 1. The van der Waals surface area contributed by atoms with Gasteiger partial charge < -0.3 is 5.32 Å². The van der Waals surface area contributed by atoms with Gasteiger partial charge in [0.15, 0.2) is 0 Å². The van der Waals surface area contributed by atoms with E-state index in [1.165, 1.54) is 0 Å². The second kappa shape index (κ2) is 7.22. The van der Waals surface area contributed by atoms with Crippen molar-refractivity contribution in [1.29, 1.82) is 0 Å². The van der Waals surface area contributed by atoms with Crippen molar-refractivity contribution in [3.8, 4) is 0 Å². The van der Waals surface area contributed by atoms with E-state index in [0.717, 1.165) is 25.1 Å². The molecule has 0 aliphatic rings. The van der Waals surface area contributed by atoms with Crippen LogP contribution in [0.25, 0.3) is 0 Å². The molecule has 0 bridgehead atoms. The summed E-state index contributed by atoms with van der Waals surface area (Å²) in [6, 6.07) is 0. The molecule has 0 spiro atoms. The van der Waals surface area contributed by atoms with Crippen molar-refractivity contribution in [3.63, 3.8) is 0 Å². The average molecular weight is 152 g/mol. The topological polar surface area (TPSA) is 24.4 Å². The van der Waals surface area contributed by atoms with E-state index in [1.807, 2.05) is 13.1 Å². The third kappa shape index (κ3) is 5.55. The highest BCUT2D eigenvalue weighted by molar-refractivity contribution is 5.29. The number of hydrogen-bond donors (Lipinski definition) is 1. The first-order chi connectivity index (χ1) is 5.35. The average Bonchev–Trinajstić information content (AvgIpc) is 2.03. The van der Waals surface area contributed by atoms with Gasteiger partial charge in [-0.2, -0.15) is 0 Å². The van der Waals surface area contributed by atoms with Gasteiger partial charge in [0.05, 0.1) is 0 Å². The molecule has 0 aromatic heterocycles. The Labute approximate surface area is 68.7 Å². The van der Waals surface area contributed by atoms with Crippen LogP contribution in [0.3, 0.4) is 0 Å². The summed E-state index contributed by atoms with van der Waals surface area (Å²) in [7, 11) is 1.94. The first kappa shape index (κ1) is 10.1. The van der Waals surface area contributed by atoms with Gasteiger partial charge in [-0.15, -0.1) is 0 Å². The molecular formula is C9H16N2. The van der Waals surface area contributed by atoms with Crippen LogP contribution >= 0.6 is 0 Å². The van der Waals surface area contributed by atoms with E-state index >= 15 is 0 Å². The molecule has 0 aliphatic carbocycles. The predicted octanol–water partition coefficient (Wildman–Crippen LogP) is 1.76. The fraction of sp³-hybridized carbons (Fsp3) is 0.444. The Morgan fingerprint density at radius 1 is 1.64 bits per heavy atom. The molecule has 0 aromatic rings. The summed E-state index contributed by atoms with van der Waals surface area (Å²) < 4.78 is 0. The largest absolute Gasteiger partial charge is 0.320 e. The van der Waals surface area contributed by atoms with E-state index in [9.17, 15) is 0 Å². The Bertz CT molecular complexity index is 148. The van der Waals surface area contributed by atoms with Gasteiger partial charge >= 0.3 is 0 Å².